The van der Waals surface area contributed by atoms with E-state index in [4.69, 9.17) is 32.8 Å². The van der Waals surface area contributed by atoms with Crippen LogP contribution in [0.2, 0.25) is 10.0 Å². The van der Waals surface area contributed by atoms with E-state index in [9.17, 15) is 5.11 Å². The zero-order valence-electron chi connectivity index (χ0n) is 18.8. The Bertz CT molecular complexity index is 1080. The summed E-state index contributed by atoms with van der Waals surface area (Å²) in [4.78, 5) is 7.92. The normalized spacial score (nSPS) is 16.4. The molecule has 0 saturated carbocycles. The summed E-state index contributed by atoms with van der Waals surface area (Å²) in [5, 5.41) is 16.0. The van der Waals surface area contributed by atoms with Crippen LogP contribution < -0.4 is 0 Å². The highest BCUT2D eigenvalue weighted by atomic mass is 35.5. The van der Waals surface area contributed by atoms with Crippen molar-refractivity contribution in [3.63, 3.8) is 0 Å². The summed E-state index contributed by atoms with van der Waals surface area (Å²) in [6, 6.07) is 25.6. The number of ether oxygens (including phenoxy) is 1. The molecule has 0 amide bonds. The largest absolute Gasteiger partial charge is 0.390 e. The number of aliphatic hydroxyl groups is 1. The standard InChI is InChI=1S/C27H28Cl2N2O3/c28-25-12-11-22(13-26(25)29)27-14-24(34-30-27)17-31(15-20-7-3-1-4-8-20)16-23(32)19-33-18-21-9-5-2-6-10-21/h1-13,23-24,32H,14-19H2/t23-,24+/m1/s1. The second-order valence-electron chi connectivity index (χ2n) is 8.43. The second-order valence-corrected chi connectivity index (χ2v) is 9.25. The molecule has 0 saturated heterocycles. The zero-order chi connectivity index (χ0) is 23.8. The van der Waals surface area contributed by atoms with Gasteiger partial charge in [-0.15, -0.1) is 0 Å². The molecule has 0 unspecified atom stereocenters. The van der Waals surface area contributed by atoms with Gasteiger partial charge in [-0.1, -0.05) is 95.1 Å². The maximum atomic E-state index is 10.7. The fraction of sp³-hybridized carbons (Fsp3) is 0.296. The van der Waals surface area contributed by atoms with Crippen molar-refractivity contribution in [3.8, 4) is 0 Å². The van der Waals surface area contributed by atoms with Crippen LogP contribution in [0, 0.1) is 0 Å². The van der Waals surface area contributed by atoms with Gasteiger partial charge in [-0.2, -0.15) is 0 Å². The smallest absolute Gasteiger partial charge is 0.145 e. The Kier molecular flexibility index (Phi) is 8.97. The van der Waals surface area contributed by atoms with Crippen LogP contribution in [0.15, 0.2) is 84.0 Å². The minimum Gasteiger partial charge on any atom is -0.390 e. The Balaban J connectivity index is 1.33. The lowest BCUT2D eigenvalue weighted by Crippen LogP contribution is -2.39. The quantitative estimate of drug-likeness (QED) is 0.375. The highest BCUT2D eigenvalue weighted by Crippen LogP contribution is 2.26. The molecule has 34 heavy (non-hydrogen) atoms. The van der Waals surface area contributed by atoms with Gasteiger partial charge >= 0.3 is 0 Å². The van der Waals surface area contributed by atoms with Crippen LogP contribution >= 0.6 is 23.2 Å². The van der Waals surface area contributed by atoms with Gasteiger partial charge in [0.05, 0.1) is 35.1 Å². The first-order valence-corrected chi connectivity index (χ1v) is 12.1. The van der Waals surface area contributed by atoms with E-state index in [1.807, 2.05) is 60.7 Å². The molecular formula is C27H28Cl2N2O3. The molecule has 1 aliphatic rings. The molecule has 178 valence electrons. The van der Waals surface area contributed by atoms with Gasteiger partial charge in [0.15, 0.2) is 0 Å². The third-order valence-corrected chi connectivity index (χ3v) is 6.33. The minimum absolute atomic E-state index is 0.120. The first kappa shape index (κ1) is 24.7. The number of oxime groups is 1. The van der Waals surface area contributed by atoms with Crippen molar-refractivity contribution < 1.29 is 14.7 Å². The summed E-state index contributed by atoms with van der Waals surface area (Å²) >= 11 is 12.2. The molecule has 5 nitrogen and oxygen atoms in total. The number of rotatable bonds is 11. The Morgan fingerprint density at radius 3 is 2.38 bits per heavy atom. The molecule has 0 radical (unpaired) electrons. The average Bonchev–Trinajstić information content (AvgIpc) is 3.30. The second kappa shape index (κ2) is 12.3. The van der Waals surface area contributed by atoms with Gasteiger partial charge in [-0.05, 0) is 23.3 Å². The summed E-state index contributed by atoms with van der Waals surface area (Å²) < 4.78 is 5.74. The van der Waals surface area contributed by atoms with E-state index in [0.717, 1.165) is 16.8 Å². The number of hydrogen-bond acceptors (Lipinski definition) is 5. The summed E-state index contributed by atoms with van der Waals surface area (Å²) in [7, 11) is 0. The predicted molar refractivity (Wildman–Crippen MR) is 136 cm³/mol. The third kappa shape index (κ3) is 7.29. The number of halogens is 2. The summed E-state index contributed by atoms with van der Waals surface area (Å²) in [6.07, 6.45) is -0.0842. The highest BCUT2D eigenvalue weighted by molar-refractivity contribution is 6.42. The van der Waals surface area contributed by atoms with Crippen molar-refractivity contribution in [1.29, 1.82) is 0 Å². The van der Waals surface area contributed by atoms with Gasteiger partial charge in [0.25, 0.3) is 0 Å². The molecule has 1 N–H and O–H groups in total. The van der Waals surface area contributed by atoms with Crippen molar-refractivity contribution in [3.05, 3.63) is 106 Å². The van der Waals surface area contributed by atoms with E-state index < -0.39 is 6.10 Å². The van der Waals surface area contributed by atoms with Gasteiger partial charge in [0.2, 0.25) is 0 Å². The summed E-state index contributed by atoms with van der Waals surface area (Å²) in [5.41, 5.74) is 4.00. The van der Waals surface area contributed by atoms with E-state index in [-0.39, 0.29) is 12.7 Å². The van der Waals surface area contributed by atoms with E-state index >= 15 is 0 Å². The molecule has 0 spiro atoms. The molecule has 3 aromatic rings. The number of hydrogen-bond donors (Lipinski definition) is 1. The topological polar surface area (TPSA) is 54.3 Å². The molecule has 0 bridgehead atoms. The Morgan fingerprint density at radius 1 is 0.971 bits per heavy atom. The van der Waals surface area contributed by atoms with Gasteiger partial charge in [0, 0.05) is 31.6 Å². The van der Waals surface area contributed by atoms with E-state index in [0.29, 0.717) is 42.7 Å². The Hall–Kier alpha value is -2.41. The molecule has 0 aromatic heterocycles. The van der Waals surface area contributed by atoms with E-state index in [1.165, 1.54) is 5.56 Å². The maximum absolute atomic E-state index is 10.7. The van der Waals surface area contributed by atoms with Crippen LogP contribution in [0.25, 0.3) is 0 Å². The van der Waals surface area contributed by atoms with Crippen molar-refractivity contribution in [2.75, 3.05) is 19.7 Å². The van der Waals surface area contributed by atoms with Crippen molar-refractivity contribution in [1.82, 2.24) is 4.90 Å². The summed E-state index contributed by atoms with van der Waals surface area (Å²) in [6.45, 7) is 2.52. The van der Waals surface area contributed by atoms with Crippen LogP contribution in [-0.4, -0.2) is 47.6 Å². The average molecular weight is 499 g/mol. The lowest BCUT2D eigenvalue weighted by molar-refractivity contribution is -0.00648. The number of benzene rings is 3. The van der Waals surface area contributed by atoms with E-state index in [2.05, 4.69) is 22.2 Å². The Morgan fingerprint density at radius 2 is 1.68 bits per heavy atom. The maximum Gasteiger partial charge on any atom is 0.145 e. The minimum atomic E-state index is -0.621. The molecular weight excluding hydrogens is 471 g/mol. The van der Waals surface area contributed by atoms with Crippen LogP contribution in [0.3, 0.4) is 0 Å². The Labute approximate surface area is 210 Å². The van der Waals surface area contributed by atoms with Gasteiger partial charge in [0.1, 0.15) is 6.10 Å². The molecule has 1 aliphatic heterocycles. The van der Waals surface area contributed by atoms with Crippen LogP contribution in [0.1, 0.15) is 23.1 Å². The molecule has 1 heterocycles. The molecule has 7 heteroatoms. The number of nitrogens with zero attached hydrogens (tertiary/aromatic N) is 2. The van der Waals surface area contributed by atoms with Crippen LogP contribution in [0.4, 0.5) is 0 Å². The van der Waals surface area contributed by atoms with Crippen molar-refractivity contribution in [2.24, 2.45) is 5.16 Å². The molecule has 2 atom stereocenters. The van der Waals surface area contributed by atoms with Crippen LogP contribution in [0.5, 0.6) is 0 Å². The fourth-order valence-corrected chi connectivity index (χ4v) is 4.24. The van der Waals surface area contributed by atoms with Crippen LogP contribution in [-0.2, 0) is 22.7 Å². The van der Waals surface area contributed by atoms with Crippen molar-refractivity contribution in [2.45, 2.75) is 31.8 Å². The summed E-state index contributed by atoms with van der Waals surface area (Å²) in [5.74, 6) is 0. The fourth-order valence-electron chi connectivity index (χ4n) is 3.94. The monoisotopic (exact) mass is 498 g/mol. The zero-order valence-corrected chi connectivity index (χ0v) is 20.3. The molecule has 0 aliphatic carbocycles. The van der Waals surface area contributed by atoms with Gasteiger partial charge in [-0.3, -0.25) is 4.90 Å². The SMILES string of the molecule is O[C@@H](COCc1ccccc1)CN(Cc1ccccc1)C[C@@H]1CC(c2ccc(Cl)c(Cl)c2)=NO1. The van der Waals surface area contributed by atoms with Gasteiger partial charge in [-0.25, -0.2) is 0 Å². The molecule has 4 rings (SSSR count). The number of aliphatic hydroxyl groups excluding tert-OH is 1. The van der Waals surface area contributed by atoms with Gasteiger partial charge < -0.3 is 14.7 Å². The van der Waals surface area contributed by atoms with E-state index in [1.54, 1.807) is 6.07 Å². The lowest BCUT2D eigenvalue weighted by atomic mass is 10.0. The highest BCUT2D eigenvalue weighted by Gasteiger charge is 2.26. The predicted octanol–water partition coefficient (Wildman–Crippen LogP) is 5.57. The third-order valence-electron chi connectivity index (χ3n) is 5.59. The molecule has 3 aromatic carbocycles. The first-order chi connectivity index (χ1) is 16.6. The lowest BCUT2D eigenvalue weighted by Gasteiger charge is -2.27. The van der Waals surface area contributed by atoms with Crippen molar-refractivity contribution >= 4 is 28.9 Å². The molecule has 0 fully saturated rings. The first-order valence-electron chi connectivity index (χ1n) is 11.3.